The van der Waals surface area contributed by atoms with Gasteiger partial charge < -0.3 is 10.4 Å². The van der Waals surface area contributed by atoms with Gasteiger partial charge in [-0.1, -0.05) is 17.6 Å². The zero-order valence-corrected chi connectivity index (χ0v) is 8.14. The third-order valence-electron chi connectivity index (χ3n) is 2.07. The predicted molar refractivity (Wildman–Crippen MR) is 63.2 cm³/mol. The van der Waals surface area contributed by atoms with Crippen LogP contribution >= 0.6 is 0 Å². The van der Waals surface area contributed by atoms with Gasteiger partial charge in [0, 0.05) is 11.4 Å². The summed E-state index contributed by atoms with van der Waals surface area (Å²) in [6.07, 6.45) is 0. The maximum atomic E-state index is 9.11. The summed E-state index contributed by atoms with van der Waals surface area (Å²) in [5.41, 5.74) is 2.64. The Hall–Kier alpha value is -1.90. The molecular weight excluding hydrogens is 185 g/mol. The first kappa shape index (κ1) is 9.65. The molecule has 0 saturated heterocycles. The molecule has 2 radical (unpaired) electrons. The largest absolute Gasteiger partial charge is 0.508 e. The summed E-state index contributed by atoms with van der Waals surface area (Å²) in [6, 6.07) is 14.4. The van der Waals surface area contributed by atoms with Gasteiger partial charge in [0.2, 0.25) is 0 Å². The average Bonchev–Trinajstić information content (AvgIpc) is 2.25. The van der Waals surface area contributed by atoms with E-state index < -0.39 is 0 Å². The van der Waals surface area contributed by atoms with Crippen molar-refractivity contribution in [3.63, 3.8) is 0 Å². The highest BCUT2D eigenvalue weighted by molar-refractivity contribution is 6.32. The van der Waals surface area contributed by atoms with Crippen LogP contribution in [0, 0.1) is 0 Å². The molecule has 2 N–H and O–H groups in total. The quantitative estimate of drug-likeness (QED) is 0.566. The molecule has 0 saturated carbocycles. The maximum Gasteiger partial charge on any atom is 0.115 e. The second kappa shape index (κ2) is 4.09. The first-order valence-electron chi connectivity index (χ1n) is 4.66. The Morgan fingerprint density at radius 1 is 0.800 bits per heavy atom. The number of aromatic hydroxyl groups is 1. The summed E-state index contributed by atoms with van der Waals surface area (Å²) in [4.78, 5) is 0. The lowest BCUT2D eigenvalue weighted by atomic mass is 9.96. The van der Waals surface area contributed by atoms with Gasteiger partial charge in [0.1, 0.15) is 13.6 Å². The first-order chi connectivity index (χ1) is 7.24. The fourth-order valence-corrected chi connectivity index (χ4v) is 1.28. The van der Waals surface area contributed by atoms with Crippen LogP contribution in [-0.2, 0) is 0 Å². The molecule has 3 heteroatoms. The molecule has 2 rings (SSSR count). The molecule has 72 valence electrons. The second-order valence-electron chi connectivity index (χ2n) is 3.29. The van der Waals surface area contributed by atoms with Crippen LogP contribution in [0.1, 0.15) is 0 Å². The topological polar surface area (TPSA) is 32.3 Å². The van der Waals surface area contributed by atoms with Crippen LogP contribution in [0.25, 0.3) is 0 Å². The number of hydrogen-bond acceptors (Lipinski definition) is 2. The van der Waals surface area contributed by atoms with Crippen molar-refractivity contribution in [3.05, 3.63) is 48.5 Å². The van der Waals surface area contributed by atoms with E-state index in [9.17, 15) is 0 Å². The first-order valence-corrected chi connectivity index (χ1v) is 4.66. The molecule has 0 heterocycles. The van der Waals surface area contributed by atoms with E-state index in [0.29, 0.717) is 0 Å². The van der Waals surface area contributed by atoms with Crippen LogP contribution in [-0.4, -0.2) is 13.0 Å². The zero-order valence-electron chi connectivity index (χ0n) is 8.14. The predicted octanol–water partition coefficient (Wildman–Crippen LogP) is 1.93. The molecule has 0 aliphatic carbocycles. The molecule has 2 aromatic carbocycles. The van der Waals surface area contributed by atoms with Crippen molar-refractivity contribution in [2.75, 3.05) is 5.32 Å². The summed E-state index contributed by atoms with van der Waals surface area (Å²) >= 11 is 0. The van der Waals surface area contributed by atoms with Crippen molar-refractivity contribution >= 4 is 24.7 Å². The smallest absolute Gasteiger partial charge is 0.115 e. The van der Waals surface area contributed by atoms with E-state index in [1.165, 1.54) is 0 Å². The number of hydrogen-bond donors (Lipinski definition) is 2. The highest BCUT2D eigenvalue weighted by Gasteiger charge is 1.94. The highest BCUT2D eigenvalue weighted by atomic mass is 16.3. The molecule has 0 aliphatic heterocycles. The maximum absolute atomic E-state index is 9.11. The fourth-order valence-electron chi connectivity index (χ4n) is 1.28. The minimum Gasteiger partial charge on any atom is -0.508 e. The van der Waals surface area contributed by atoms with Gasteiger partial charge in [-0.2, -0.15) is 0 Å². The Kier molecular flexibility index (Phi) is 2.63. The lowest BCUT2D eigenvalue weighted by Gasteiger charge is -2.06. The van der Waals surface area contributed by atoms with Crippen LogP contribution in [0.4, 0.5) is 11.4 Å². The van der Waals surface area contributed by atoms with E-state index in [1.807, 2.05) is 36.4 Å². The molecule has 0 spiro atoms. The van der Waals surface area contributed by atoms with Gasteiger partial charge in [0.05, 0.1) is 0 Å². The number of nitrogens with one attached hydrogen (secondary N) is 1. The van der Waals surface area contributed by atoms with E-state index in [0.717, 1.165) is 16.8 Å². The number of anilines is 2. The number of phenols is 1. The Morgan fingerprint density at radius 3 is 1.80 bits per heavy atom. The van der Waals surface area contributed by atoms with Crippen LogP contribution in [0.15, 0.2) is 48.5 Å². The fraction of sp³-hybridized carbons (Fsp3) is 0. The number of phenolic OH excluding ortho intramolecular Hbond substituents is 1. The lowest BCUT2D eigenvalue weighted by Crippen LogP contribution is -2.00. The molecule has 0 unspecified atom stereocenters. The summed E-state index contributed by atoms with van der Waals surface area (Å²) < 4.78 is 0. The molecule has 0 atom stereocenters. The van der Waals surface area contributed by atoms with Gasteiger partial charge in [-0.3, -0.25) is 0 Å². The molecule has 0 fully saturated rings. The third-order valence-corrected chi connectivity index (χ3v) is 2.07. The Morgan fingerprint density at radius 2 is 1.27 bits per heavy atom. The van der Waals surface area contributed by atoms with Crippen LogP contribution < -0.4 is 10.8 Å². The summed E-state index contributed by atoms with van der Waals surface area (Å²) in [6.45, 7) is 0. The summed E-state index contributed by atoms with van der Waals surface area (Å²) in [5, 5.41) is 12.3. The zero-order chi connectivity index (χ0) is 10.7. The summed E-state index contributed by atoms with van der Waals surface area (Å²) in [5.74, 6) is 0.262. The minimum absolute atomic E-state index is 0.262. The van der Waals surface area contributed by atoms with E-state index in [1.54, 1.807) is 12.1 Å². The van der Waals surface area contributed by atoms with Crippen molar-refractivity contribution in [2.45, 2.75) is 0 Å². The van der Waals surface area contributed by atoms with Gasteiger partial charge in [-0.15, -0.1) is 0 Å². The van der Waals surface area contributed by atoms with Crippen molar-refractivity contribution < 1.29 is 5.11 Å². The molecule has 2 aromatic rings. The molecule has 0 bridgehead atoms. The van der Waals surface area contributed by atoms with Gasteiger partial charge in [-0.05, 0) is 36.4 Å². The molecule has 0 aromatic heterocycles. The van der Waals surface area contributed by atoms with E-state index in [2.05, 4.69) is 5.32 Å². The Balaban J connectivity index is 2.15. The van der Waals surface area contributed by atoms with Gasteiger partial charge in [-0.25, -0.2) is 0 Å². The highest BCUT2D eigenvalue weighted by Crippen LogP contribution is 2.18. The third kappa shape index (κ3) is 2.53. The van der Waals surface area contributed by atoms with E-state index in [-0.39, 0.29) is 5.75 Å². The van der Waals surface area contributed by atoms with Crippen LogP contribution in [0.5, 0.6) is 5.75 Å². The standard InChI is InChI=1S/C12H10BNO/c13-9-1-3-10(4-2-9)14-11-5-7-12(15)8-6-11/h1-8,14-15H. The average molecular weight is 195 g/mol. The van der Waals surface area contributed by atoms with Crippen molar-refractivity contribution in [2.24, 2.45) is 0 Å². The molecule has 0 aliphatic rings. The monoisotopic (exact) mass is 195 g/mol. The Labute approximate surface area is 90.0 Å². The molecule has 2 nitrogen and oxygen atoms in total. The molecular formula is C12H10BNO. The van der Waals surface area contributed by atoms with Crippen molar-refractivity contribution in [1.82, 2.24) is 0 Å². The lowest BCUT2D eigenvalue weighted by molar-refractivity contribution is 0.475. The number of rotatable bonds is 2. The van der Waals surface area contributed by atoms with Gasteiger partial charge in [0.15, 0.2) is 0 Å². The number of benzene rings is 2. The van der Waals surface area contributed by atoms with E-state index >= 15 is 0 Å². The molecule has 15 heavy (non-hydrogen) atoms. The van der Waals surface area contributed by atoms with E-state index in [4.69, 9.17) is 13.0 Å². The second-order valence-corrected chi connectivity index (χ2v) is 3.29. The van der Waals surface area contributed by atoms with Crippen molar-refractivity contribution in [1.29, 1.82) is 0 Å². The van der Waals surface area contributed by atoms with Crippen LogP contribution in [0.3, 0.4) is 0 Å². The van der Waals surface area contributed by atoms with Gasteiger partial charge >= 0.3 is 0 Å². The van der Waals surface area contributed by atoms with Crippen molar-refractivity contribution in [3.8, 4) is 5.75 Å². The SMILES string of the molecule is [B]c1ccc(Nc2ccc(O)cc2)cc1. The normalized spacial score (nSPS) is 9.87. The van der Waals surface area contributed by atoms with Crippen LogP contribution in [0.2, 0.25) is 0 Å². The molecule has 0 amide bonds. The summed E-state index contributed by atoms with van der Waals surface area (Å²) in [7, 11) is 5.58. The minimum atomic E-state index is 0.262. The Bertz CT molecular complexity index is 393. The van der Waals surface area contributed by atoms with Gasteiger partial charge in [0.25, 0.3) is 0 Å².